The maximum Gasteiger partial charge on any atom is 0.326 e. The summed E-state index contributed by atoms with van der Waals surface area (Å²) in [6, 6.07) is 5.49. The minimum absolute atomic E-state index is 0.0348. The van der Waals surface area contributed by atoms with E-state index in [-0.39, 0.29) is 13.0 Å². The maximum atomic E-state index is 11.7. The number of carboxylic acids is 1. The molecule has 0 aliphatic rings. The number of carboxylic acid groups (broad SMARTS) is 1. The molecule has 0 saturated carbocycles. The summed E-state index contributed by atoms with van der Waals surface area (Å²) in [4.78, 5) is 23.4. The van der Waals surface area contributed by atoms with Gasteiger partial charge in [0.25, 0.3) is 0 Å². The third-order valence-corrected chi connectivity index (χ3v) is 3.17. The van der Waals surface area contributed by atoms with Crippen LogP contribution in [0.1, 0.15) is 6.42 Å². The molecule has 2 amide bonds. The van der Waals surface area contributed by atoms with Crippen LogP contribution in [0.3, 0.4) is 0 Å². The molecular weight excluding hydrogens is 268 g/mol. The van der Waals surface area contributed by atoms with Crippen LogP contribution in [0.2, 0.25) is 0 Å². The Morgan fingerprint density at radius 3 is 2.63 bits per heavy atom. The Labute approximate surface area is 115 Å². The van der Waals surface area contributed by atoms with Gasteiger partial charge in [0.2, 0.25) is 0 Å². The van der Waals surface area contributed by atoms with Crippen molar-refractivity contribution in [3.8, 4) is 0 Å². The number of aliphatic hydroxyl groups excluding tert-OH is 1. The van der Waals surface area contributed by atoms with Crippen molar-refractivity contribution in [3.63, 3.8) is 0 Å². The molecule has 0 aromatic heterocycles. The van der Waals surface area contributed by atoms with Crippen LogP contribution in [-0.4, -0.2) is 41.1 Å². The number of benzene rings is 1. The number of amides is 2. The number of carbonyl (C=O) groups excluding carboxylic acids is 1. The van der Waals surface area contributed by atoms with Crippen LogP contribution < -0.4 is 10.6 Å². The molecule has 6 nitrogen and oxygen atoms in total. The molecule has 0 bridgehead atoms. The number of hydrogen-bond donors (Lipinski definition) is 4. The summed E-state index contributed by atoms with van der Waals surface area (Å²) in [5, 5.41) is 22.5. The first-order valence-electron chi connectivity index (χ1n) is 5.62. The Balaban J connectivity index is 2.66. The molecule has 4 N–H and O–H groups in total. The standard InChI is InChI=1S/C12H16N2O4S/c1-19-10-5-3-2-4-8(10)13-12(18)14-9(6-7-15)11(16)17/h2-5,9,15H,6-7H2,1H3,(H,16,17)(H2,13,14,18). The van der Waals surface area contributed by atoms with Crippen LogP contribution in [-0.2, 0) is 4.79 Å². The van der Waals surface area contributed by atoms with Gasteiger partial charge >= 0.3 is 12.0 Å². The number of para-hydroxylation sites is 1. The Kier molecular flexibility index (Phi) is 6.17. The fourth-order valence-electron chi connectivity index (χ4n) is 1.45. The number of rotatable bonds is 6. The largest absolute Gasteiger partial charge is 0.480 e. The van der Waals surface area contributed by atoms with Gasteiger partial charge in [0.15, 0.2) is 0 Å². The van der Waals surface area contributed by atoms with Crippen molar-refractivity contribution in [2.24, 2.45) is 0 Å². The molecule has 1 unspecified atom stereocenters. The molecule has 0 fully saturated rings. The minimum atomic E-state index is -1.18. The minimum Gasteiger partial charge on any atom is -0.480 e. The highest BCUT2D eigenvalue weighted by Crippen LogP contribution is 2.24. The Morgan fingerprint density at radius 2 is 2.05 bits per heavy atom. The van der Waals surface area contributed by atoms with Crippen molar-refractivity contribution in [1.82, 2.24) is 5.32 Å². The van der Waals surface area contributed by atoms with E-state index in [9.17, 15) is 9.59 Å². The molecule has 1 aromatic rings. The van der Waals surface area contributed by atoms with Crippen LogP contribution in [0.15, 0.2) is 29.2 Å². The molecule has 104 valence electrons. The molecule has 1 atom stereocenters. The summed E-state index contributed by atoms with van der Waals surface area (Å²) in [6.45, 7) is -0.307. The van der Waals surface area contributed by atoms with Crippen LogP contribution in [0.25, 0.3) is 0 Å². The number of anilines is 1. The summed E-state index contributed by atoms with van der Waals surface area (Å²) in [5.41, 5.74) is 0.612. The number of urea groups is 1. The smallest absolute Gasteiger partial charge is 0.326 e. The van der Waals surface area contributed by atoms with Gasteiger partial charge in [-0.25, -0.2) is 9.59 Å². The molecule has 0 aliphatic carbocycles. The average Bonchev–Trinajstić information content (AvgIpc) is 2.38. The Hall–Kier alpha value is -1.73. The van der Waals surface area contributed by atoms with Crippen molar-refractivity contribution in [1.29, 1.82) is 0 Å². The second-order valence-corrected chi connectivity index (χ2v) is 4.55. The van der Waals surface area contributed by atoms with E-state index in [1.165, 1.54) is 11.8 Å². The zero-order chi connectivity index (χ0) is 14.3. The summed E-state index contributed by atoms with van der Waals surface area (Å²) >= 11 is 1.47. The van der Waals surface area contributed by atoms with Crippen molar-refractivity contribution in [2.45, 2.75) is 17.4 Å². The van der Waals surface area contributed by atoms with E-state index in [2.05, 4.69) is 10.6 Å². The lowest BCUT2D eigenvalue weighted by atomic mass is 10.2. The summed E-state index contributed by atoms with van der Waals surface area (Å²) < 4.78 is 0. The van der Waals surface area contributed by atoms with Crippen molar-refractivity contribution in [2.75, 3.05) is 18.2 Å². The van der Waals surface area contributed by atoms with Gasteiger partial charge in [-0.2, -0.15) is 0 Å². The number of hydrogen-bond acceptors (Lipinski definition) is 4. The number of thioether (sulfide) groups is 1. The molecule has 1 aromatic carbocycles. The van der Waals surface area contributed by atoms with Crippen LogP contribution >= 0.6 is 11.8 Å². The van der Waals surface area contributed by atoms with E-state index in [1.54, 1.807) is 12.1 Å². The number of carbonyl (C=O) groups is 2. The number of aliphatic hydroxyl groups is 1. The molecule has 0 spiro atoms. The first kappa shape index (κ1) is 15.3. The van der Waals surface area contributed by atoms with E-state index in [4.69, 9.17) is 10.2 Å². The van der Waals surface area contributed by atoms with Crippen LogP contribution in [0, 0.1) is 0 Å². The molecular formula is C12H16N2O4S. The molecule has 19 heavy (non-hydrogen) atoms. The van der Waals surface area contributed by atoms with Crippen LogP contribution in [0.4, 0.5) is 10.5 Å². The van der Waals surface area contributed by atoms with Gasteiger partial charge in [-0.1, -0.05) is 12.1 Å². The zero-order valence-electron chi connectivity index (χ0n) is 10.4. The highest BCUT2D eigenvalue weighted by Gasteiger charge is 2.19. The van der Waals surface area contributed by atoms with E-state index in [0.29, 0.717) is 5.69 Å². The van der Waals surface area contributed by atoms with Crippen molar-refractivity contribution < 1.29 is 19.8 Å². The third kappa shape index (κ3) is 4.80. The predicted octanol–water partition coefficient (Wildman–Crippen LogP) is 1.37. The van der Waals surface area contributed by atoms with Crippen molar-refractivity contribution >= 4 is 29.4 Å². The molecule has 0 aliphatic heterocycles. The summed E-state index contributed by atoms with van der Waals surface area (Å²) in [7, 11) is 0. The van der Waals surface area contributed by atoms with E-state index < -0.39 is 18.0 Å². The number of aliphatic carboxylic acids is 1. The molecule has 1 rings (SSSR count). The fraction of sp³-hybridized carbons (Fsp3) is 0.333. The Morgan fingerprint density at radius 1 is 1.37 bits per heavy atom. The van der Waals surface area contributed by atoms with Gasteiger partial charge < -0.3 is 20.8 Å². The second-order valence-electron chi connectivity index (χ2n) is 3.70. The highest BCUT2D eigenvalue weighted by atomic mass is 32.2. The molecule has 0 saturated heterocycles. The monoisotopic (exact) mass is 284 g/mol. The fourth-order valence-corrected chi connectivity index (χ4v) is 2.00. The van der Waals surface area contributed by atoms with Gasteiger partial charge in [-0.05, 0) is 18.4 Å². The van der Waals surface area contributed by atoms with Crippen molar-refractivity contribution in [3.05, 3.63) is 24.3 Å². The topological polar surface area (TPSA) is 98.7 Å². The summed E-state index contributed by atoms with van der Waals surface area (Å²) in [5.74, 6) is -1.18. The average molecular weight is 284 g/mol. The van der Waals surface area contributed by atoms with E-state index in [1.807, 2.05) is 18.4 Å². The predicted molar refractivity (Wildman–Crippen MR) is 73.5 cm³/mol. The second kappa shape index (κ2) is 7.65. The van der Waals surface area contributed by atoms with Gasteiger partial charge in [0.1, 0.15) is 6.04 Å². The normalized spacial score (nSPS) is 11.7. The van der Waals surface area contributed by atoms with E-state index in [0.717, 1.165) is 4.90 Å². The van der Waals surface area contributed by atoms with Gasteiger partial charge in [0, 0.05) is 17.9 Å². The third-order valence-electron chi connectivity index (χ3n) is 2.38. The lowest BCUT2D eigenvalue weighted by Gasteiger charge is -2.15. The summed E-state index contributed by atoms with van der Waals surface area (Å²) in [6.07, 6.45) is 1.84. The lowest BCUT2D eigenvalue weighted by molar-refractivity contribution is -0.139. The lowest BCUT2D eigenvalue weighted by Crippen LogP contribution is -2.43. The highest BCUT2D eigenvalue weighted by molar-refractivity contribution is 7.98. The van der Waals surface area contributed by atoms with Gasteiger partial charge in [-0.15, -0.1) is 11.8 Å². The van der Waals surface area contributed by atoms with Gasteiger partial charge in [-0.3, -0.25) is 0 Å². The first-order valence-corrected chi connectivity index (χ1v) is 6.85. The zero-order valence-corrected chi connectivity index (χ0v) is 11.2. The SMILES string of the molecule is CSc1ccccc1NC(=O)NC(CCO)C(=O)O. The van der Waals surface area contributed by atoms with Gasteiger partial charge in [0.05, 0.1) is 5.69 Å². The molecule has 0 radical (unpaired) electrons. The first-order chi connectivity index (χ1) is 9.08. The Bertz CT molecular complexity index is 453. The number of nitrogens with one attached hydrogen (secondary N) is 2. The maximum absolute atomic E-state index is 11.7. The molecule has 7 heteroatoms. The quantitative estimate of drug-likeness (QED) is 0.591. The molecule has 0 heterocycles. The van der Waals surface area contributed by atoms with E-state index >= 15 is 0 Å². The van der Waals surface area contributed by atoms with Crippen LogP contribution in [0.5, 0.6) is 0 Å².